The van der Waals surface area contributed by atoms with E-state index >= 15 is 0 Å². The summed E-state index contributed by atoms with van der Waals surface area (Å²) >= 11 is 3.36. The number of aryl methyl sites for hydroxylation is 2. The standard InChI is InChI=1S/C10H12BrN5/c1-3-4-16-9(6-12-15-16)8-5-10(11)14-7(2)13-8/h5-6H,3-4H2,1-2H3. The summed E-state index contributed by atoms with van der Waals surface area (Å²) in [5.41, 5.74) is 1.77. The fourth-order valence-corrected chi connectivity index (χ4v) is 1.97. The minimum atomic E-state index is 0.730. The lowest BCUT2D eigenvalue weighted by atomic mass is 10.3. The summed E-state index contributed by atoms with van der Waals surface area (Å²) in [5.74, 6) is 0.730. The second-order valence-electron chi connectivity index (χ2n) is 3.47. The first-order valence-electron chi connectivity index (χ1n) is 5.10. The highest BCUT2D eigenvalue weighted by Crippen LogP contribution is 2.19. The highest BCUT2D eigenvalue weighted by Gasteiger charge is 2.09. The van der Waals surface area contributed by atoms with E-state index in [-0.39, 0.29) is 0 Å². The lowest BCUT2D eigenvalue weighted by Crippen LogP contribution is -2.03. The third-order valence-electron chi connectivity index (χ3n) is 2.12. The molecule has 0 fully saturated rings. The van der Waals surface area contributed by atoms with Crippen LogP contribution < -0.4 is 0 Å². The zero-order valence-corrected chi connectivity index (χ0v) is 10.8. The van der Waals surface area contributed by atoms with Crippen molar-refractivity contribution < 1.29 is 0 Å². The molecule has 0 atom stereocenters. The normalized spacial score (nSPS) is 10.7. The summed E-state index contributed by atoms with van der Waals surface area (Å²) in [5, 5.41) is 7.95. The van der Waals surface area contributed by atoms with Gasteiger partial charge in [-0.1, -0.05) is 12.1 Å². The van der Waals surface area contributed by atoms with Gasteiger partial charge in [-0.05, 0) is 35.3 Å². The van der Waals surface area contributed by atoms with Crippen molar-refractivity contribution in [3.63, 3.8) is 0 Å². The van der Waals surface area contributed by atoms with Crippen molar-refractivity contribution >= 4 is 15.9 Å². The number of nitrogens with zero attached hydrogens (tertiary/aromatic N) is 5. The third-order valence-corrected chi connectivity index (χ3v) is 2.53. The quantitative estimate of drug-likeness (QED) is 0.810. The zero-order chi connectivity index (χ0) is 11.5. The van der Waals surface area contributed by atoms with E-state index in [0.29, 0.717) is 0 Å². The molecule has 0 aromatic carbocycles. The largest absolute Gasteiger partial charge is 0.243 e. The molecule has 2 aromatic heterocycles. The van der Waals surface area contributed by atoms with Crippen molar-refractivity contribution in [2.75, 3.05) is 0 Å². The van der Waals surface area contributed by atoms with Gasteiger partial charge in [0.15, 0.2) is 0 Å². The first-order chi connectivity index (χ1) is 7.70. The number of aromatic nitrogens is 5. The molecule has 0 spiro atoms. The topological polar surface area (TPSA) is 56.5 Å². The maximum absolute atomic E-state index is 4.38. The fraction of sp³-hybridized carbons (Fsp3) is 0.400. The lowest BCUT2D eigenvalue weighted by molar-refractivity contribution is 0.583. The summed E-state index contributed by atoms with van der Waals surface area (Å²) in [7, 11) is 0. The van der Waals surface area contributed by atoms with Crippen molar-refractivity contribution in [1.29, 1.82) is 0 Å². The number of halogens is 1. The molecule has 5 nitrogen and oxygen atoms in total. The Bertz CT molecular complexity index is 473. The molecule has 0 aliphatic rings. The van der Waals surface area contributed by atoms with Gasteiger partial charge in [-0.2, -0.15) is 0 Å². The lowest BCUT2D eigenvalue weighted by Gasteiger charge is -2.04. The van der Waals surface area contributed by atoms with Gasteiger partial charge in [-0.25, -0.2) is 14.6 Å². The molecule has 0 N–H and O–H groups in total. The molecule has 0 unspecified atom stereocenters. The molecule has 6 heteroatoms. The van der Waals surface area contributed by atoms with Crippen molar-refractivity contribution in [3.8, 4) is 11.4 Å². The van der Waals surface area contributed by atoms with Crippen LogP contribution in [0.2, 0.25) is 0 Å². The second kappa shape index (κ2) is 4.69. The highest BCUT2D eigenvalue weighted by molar-refractivity contribution is 9.10. The van der Waals surface area contributed by atoms with Crippen molar-refractivity contribution in [2.24, 2.45) is 0 Å². The SMILES string of the molecule is CCCn1nncc1-c1cc(Br)nc(C)n1. The van der Waals surface area contributed by atoms with Crippen LogP contribution >= 0.6 is 15.9 Å². The Morgan fingerprint density at radius 2 is 2.19 bits per heavy atom. The van der Waals surface area contributed by atoms with Gasteiger partial charge in [0.1, 0.15) is 16.1 Å². The smallest absolute Gasteiger partial charge is 0.127 e. The molecule has 0 saturated heterocycles. The van der Waals surface area contributed by atoms with E-state index in [0.717, 1.165) is 34.8 Å². The molecule has 2 aromatic rings. The maximum Gasteiger partial charge on any atom is 0.127 e. The molecule has 0 amide bonds. The van der Waals surface area contributed by atoms with Gasteiger partial charge >= 0.3 is 0 Å². The molecule has 16 heavy (non-hydrogen) atoms. The van der Waals surface area contributed by atoms with Crippen LogP contribution in [-0.4, -0.2) is 25.0 Å². The van der Waals surface area contributed by atoms with Gasteiger partial charge in [-0.15, -0.1) is 5.10 Å². The summed E-state index contributed by atoms with van der Waals surface area (Å²) in [6, 6.07) is 1.87. The Labute approximate surface area is 102 Å². The van der Waals surface area contributed by atoms with Gasteiger partial charge < -0.3 is 0 Å². The summed E-state index contributed by atoms with van der Waals surface area (Å²) in [6.45, 7) is 4.81. The summed E-state index contributed by atoms with van der Waals surface area (Å²) in [6.07, 6.45) is 2.74. The van der Waals surface area contributed by atoms with Gasteiger partial charge in [-0.3, -0.25) is 0 Å². The highest BCUT2D eigenvalue weighted by atomic mass is 79.9. The number of hydrogen-bond donors (Lipinski definition) is 0. The van der Waals surface area contributed by atoms with Crippen LogP contribution in [0.25, 0.3) is 11.4 Å². The van der Waals surface area contributed by atoms with Gasteiger partial charge in [0, 0.05) is 6.54 Å². The van der Waals surface area contributed by atoms with Crippen LogP contribution in [0.3, 0.4) is 0 Å². The second-order valence-corrected chi connectivity index (χ2v) is 4.28. The average Bonchev–Trinajstić information content (AvgIpc) is 2.65. The van der Waals surface area contributed by atoms with Gasteiger partial charge in [0.2, 0.25) is 0 Å². The van der Waals surface area contributed by atoms with Crippen LogP contribution in [-0.2, 0) is 6.54 Å². The predicted molar refractivity (Wildman–Crippen MR) is 63.8 cm³/mol. The number of hydrogen-bond acceptors (Lipinski definition) is 4. The molecule has 0 saturated carbocycles. The van der Waals surface area contributed by atoms with E-state index in [4.69, 9.17) is 0 Å². The molecule has 0 aliphatic heterocycles. The fourth-order valence-electron chi connectivity index (χ4n) is 1.50. The van der Waals surface area contributed by atoms with E-state index < -0.39 is 0 Å². The molecule has 84 valence electrons. The van der Waals surface area contributed by atoms with E-state index in [1.165, 1.54) is 0 Å². The maximum atomic E-state index is 4.38. The van der Waals surface area contributed by atoms with Crippen molar-refractivity contribution in [3.05, 3.63) is 22.7 Å². The van der Waals surface area contributed by atoms with E-state index in [1.807, 2.05) is 17.7 Å². The summed E-state index contributed by atoms with van der Waals surface area (Å²) in [4.78, 5) is 8.55. The van der Waals surface area contributed by atoms with E-state index in [2.05, 4.69) is 43.1 Å². The molecular weight excluding hydrogens is 270 g/mol. The minimum Gasteiger partial charge on any atom is -0.243 e. The molecule has 0 bridgehead atoms. The Kier molecular flexibility index (Phi) is 3.28. The van der Waals surface area contributed by atoms with E-state index in [1.54, 1.807) is 6.20 Å². The monoisotopic (exact) mass is 281 g/mol. The van der Waals surface area contributed by atoms with Crippen LogP contribution in [0.4, 0.5) is 0 Å². The van der Waals surface area contributed by atoms with Crippen LogP contribution in [0.5, 0.6) is 0 Å². The molecule has 2 rings (SSSR count). The molecule has 0 aliphatic carbocycles. The third kappa shape index (κ3) is 2.27. The van der Waals surface area contributed by atoms with Crippen molar-refractivity contribution in [1.82, 2.24) is 25.0 Å². The Balaban J connectivity index is 2.45. The Morgan fingerprint density at radius 1 is 1.38 bits per heavy atom. The van der Waals surface area contributed by atoms with Crippen LogP contribution in [0.15, 0.2) is 16.9 Å². The first kappa shape index (κ1) is 11.2. The molecule has 2 heterocycles. The summed E-state index contributed by atoms with van der Waals surface area (Å²) < 4.78 is 2.63. The molecule has 0 radical (unpaired) electrons. The van der Waals surface area contributed by atoms with Crippen molar-refractivity contribution in [2.45, 2.75) is 26.8 Å². The average molecular weight is 282 g/mol. The first-order valence-corrected chi connectivity index (χ1v) is 5.90. The van der Waals surface area contributed by atoms with Gasteiger partial charge in [0.25, 0.3) is 0 Å². The number of rotatable bonds is 3. The van der Waals surface area contributed by atoms with Gasteiger partial charge in [0.05, 0.1) is 11.9 Å². The van der Waals surface area contributed by atoms with Crippen LogP contribution in [0, 0.1) is 6.92 Å². The Morgan fingerprint density at radius 3 is 2.88 bits per heavy atom. The predicted octanol–water partition coefficient (Wildman–Crippen LogP) is 2.22. The minimum absolute atomic E-state index is 0.730. The zero-order valence-electron chi connectivity index (χ0n) is 9.18. The van der Waals surface area contributed by atoms with E-state index in [9.17, 15) is 0 Å². The Hall–Kier alpha value is -1.30. The molecular formula is C10H12BrN5. The van der Waals surface area contributed by atoms with Crippen LogP contribution in [0.1, 0.15) is 19.2 Å².